The summed E-state index contributed by atoms with van der Waals surface area (Å²) in [6.07, 6.45) is 6.58. The van der Waals surface area contributed by atoms with E-state index in [0.29, 0.717) is 10.9 Å². The average Bonchev–Trinajstić information content (AvgIpc) is 1.25. The van der Waals surface area contributed by atoms with Crippen LogP contribution in [0.5, 0.6) is 0 Å². The molecule has 50 valence electrons. The zero-order valence-corrected chi connectivity index (χ0v) is 5.90. The molecule has 0 atom stereocenters. The molecule has 0 aromatic heterocycles. The molecule has 0 rings (SSSR count). The molecule has 8 heavy (non-hydrogen) atoms. The van der Waals surface area contributed by atoms with Gasteiger partial charge in [-0.2, -0.15) is 0 Å². The Labute approximate surface area is 51.0 Å². The van der Waals surface area contributed by atoms with Gasteiger partial charge < -0.3 is 15.3 Å². The maximum Gasteiger partial charge on any atom is 0.0969 e. The first kappa shape index (κ1) is 10.5. The van der Waals surface area contributed by atoms with Crippen LogP contribution in [0.15, 0.2) is 0 Å². The molecule has 0 N–H and O–H groups in total. The van der Waals surface area contributed by atoms with Gasteiger partial charge in [0.15, 0.2) is 0 Å². The minimum Gasteiger partial charge on any atom is -0.356 e. The molecule has 0 bridgehead atoms. The summed E-state index contributed by atoms with van der Waals surface area (Å²) in [6, 6.07) is 0. The Kier molecular flexibility index (Phi) is 8.61. The highest BCUT2D eigenvalue weighted by molar-refractivity contribution is 7.94. The first-order valence-corrected chi connectivity index (χ1v) is 4.22. The van der Waals surface area contributed by atoms with E-state index in [9.17, 15) is 0 Å². The van der Waals surface area contributed by atoms with Crippen LogP contribution in [-0.4, -0.2) is 23.9 Å². The van der Waals surface area contributed by atoms with Gasteiger partial charge >= 0.3 is 0 Å². The van der Waals surface area contributed by atoms with Gasteiger partial charge in [0.1, 0.15) is 0 Å². The molecule has 0 heterocycles. The van der Waals surface area contributed by atoms with Crippen molar-refractivity contribution in [1.29, 1.82) is 0 Å². The van der Waals surface area contributed by atoms with Crippen molar-refractivity contribution in [3.05, 3.63) is 15.3 Å². The van der Waals surface area contributed by atoms with Crippen LogP contribution in [0.2, 0.25) is 0 Å². The summed E-state index contributed by atoms with van der Waals surface area (Å²) in [6.45, 7) is 0. The third kappa shape index (κ3) is 567. The Morgan fingerprint density at radius 2 is 1.25 bits per heavy atom. The summed E-state index contributed by atoms with van der Waals surface area (Å²) in [4.78, 5) is 8.25. The lowest BCUT2D eigenvalue weighted by Crippen LogP contribution is -1.84. The van der Waals surface area contributed by atoms with E-state index in [4.69, 9.17) is 15.3 Å². The lowest BCUT2D eigenvalue weighted by atomic mass is 11.9. The van der Waals surface area contributed by atoms with Gasteiger partial charge in [0.25, 0.3) is 0 Å². The van der Waals surface area contributed by atoms with Crippen LogP contribution >= 0.6 is 0 Å². The number of nitrogens with zero attached hydrogens (tertiary/aromatic N) is 1. The maximum atomic E-state index is 8.25. The summed E-state index contributed by atoms with van der Waals surface area (Å²) in [7, 11) is 0.639. The van der Waals surface area contributed by atoms with Crippen LogP contribution in [0, 0.1) is 15.3 Å². The van der Waals surface area contributed by atoms with Crippen molar-refractivity contribution in [2.24, 2.45) is 0 Å². The van der Waals surface area contributed by atoms with E-state index in [-0.39, 0.29) is 0 Å². The van der Waals surface area contributed by atoms with Crippen molar-refractivity contribution < 1.29 is 5.09 Å². The number of rotatable bonds is 0. The minimum atomic E-state index is -1.75. The molecular formula is C3H9NO3S. The van der Waals surface area contributed by atoms with E-state index < -0.39 is 5.09 Å². The lowest BCUT2D eigenvalue weighted by molar-refractivity contribution is -0.402. The first-order chi connectivity index (χ1) is 3.46. The Balaban J connectivity index is 0. The van der Waals surface area contributed by atoms with Crippen molar-refractivity contribution in [1.82, 2.24) is 0 Å². The highest BCUT2D eigenvalue weighted by Gasteiger charge is 1.77. The third-order valence-corrected chi connectivity index (χ3v) is 0. The van der Waals surface area contributed by atoms with Crippen LogP contribution < -0.4 is 0 Å². The van der Waals surface area contributed by atoms with Crippen LogP contribution in [0.4, 0.5) is 0 Å². The molecule has 0 amide bonds. The molecule has 0 aliphatic carbocycles. The molecule has 0 saturated heterocycles. The topological polar surface area (TPSA) is 66.2 Å². The highest BCUT2D eigenvalue weighted by Crippen LogP contribution is 1.63. The van der Waals surface area contributed by atoms with Crippen molar-refractivity contribution in [3.63, 3.8) is 0 Å². The standard InChI is InChI=1S/C3H9S.NO3/c1-4(2)3;2-1(3)4/h1-3H3;/q+1;-1. The van der Waals surface area contributed by atoms with Crippen LogP contribution in [-0.2, 0) is 10.9 Å². The smallest absolute Gasteiger partial charge is 0.0969 e. The Morgan fingerprint density at radius 3 is 1.25 bits per heavy atom. The molecular weight excluding hydrogens is 130 g/mol. The molecule has 0 aromatic carbocycles. The first-order valence-electron chi connectivity index (χ1n) is 1.77. The SMILES string of the molecule is C[S+](C)C.O=[N+]([O-])[O-]. The van der Waals surface area contributed by atoms with E-state index in [1.165, 1.54) is 0 Å². The Morgan fingerprint density at radius 1 is 1.25 bits per heavy atom. The highest BCUT2D eigenvalue weighted by atomic mass is 32.2. The average molecular weight is 139 g/mol. The van der Waals surface area contributed by atoms with Gasteiger partial charge in [-0.15, -0.1) is 0 Å². The summed E-state index contributed by atoms with van der Waals surface area (Å²) < 4.78 is 0. The monoisotopic (exact) mass is 139 g/mol. The maximum absolute atomic E-state index is 8.25. The minimum absolute atomic E-state index is 0.639. The fourth-order valence-electron chi connectivity index (χ4n) is 0. The normalized spacial score (nSPS) is 7.50. The summed E-state index contributed by atoms with van der Waals surface area (Å²) in [5.74, 6) is 0. The predicted octanol–water partition coefficient (Wildman–Crippen LogP) is 0.255. The van der Waals surface area contributed by atoms with Crippen LogP contribution in [0.3, 0.4) is 0 Å². The fraction of sp³-hybridized carbons (Fsp3) is 1.00. The van der Waals surface area contributed by atoms with Crippen molar-refractivity contribution in [3.8, 4) is 0 Å². The zero-order valence-electron chi connectivity index (χ0n) is 5.08. The molecule has 0 aliphatic heterocycles. The van der Waals surface area contributed by atoms with Crippen molar-refractivity contribution in [2.75, 3.05) is 18.8 Å². The molecule has 0 fully saturated rings. The van der Waals surface area contributed by atoms with Crippen molar-refractivity contribution in [2.45, 2.75) is 0 Å². The second-order valence-corrected chi connectivity index (χ2v) is 3.90. The van der Waals surface area contributed by atoms with Crippen LogP contribution in [0.25, 0.3) is 0 Å². The van der Waals surface area contributed by atoms with Gasteiger partial charge in [0, 0.05) is 0 Å². The predicted molar refractivity (Wildman–Crippen MR) is 35.5 cm³/mol. The molecule has 0 spiro atoms. The molecule has 0 radical (unpaired) electrons. The van der Waals surface area contributed by atoms with Gasteiger partial charge in [-0.1, -0.05) is 0 Å². The number of hydrogen-bond donors (Lipinski definition) is 0. The van der Waals surface area contributed by atoms with E-state index in [0.717, 1.165) is 0 Å². The zero-order chi connectivity index (χ0) is 7.15. The largest absolute Gasteiger partial charge is 0.356 e. The van der Waals surface area contributed by atoms with E-state index in [2.05, 4.69) is 18.8 Å². The summed E-state index contributed by atoms with van der Waals surface area (Å²) >= 11 is 0. The molecule has 0 aromatic rings. The van der Waals surface area contributed by atoms with Gasteiger partial charge in [-0.25, -0.2) is 0 Å². The fourth-order valence-corrected chi connectivity index (χ4v) is 0. The quantitative estimate of drug-likeness (QED) is 0.274. The van der Waals surface area contributed by atoms with E-state index in [1.54, 1.807) is 0 Å². The van der Waals surface area contributed by atoms with Crippen molar-refractivity contribution >= 4 is 10.9 Å². The molecule has 4 nitrogen and oxygen atoms in total. The van der Waals surface area contributed by atoms with Gasteiger partial charge in [0.2, 0.25) is 0 Å². The summed E-state index contributed by atoms with van der Waals surface area (Å²) in [5.41, 5.74) is 0. The number of hydrogen-bond acceptors (Lipinski definition) is 3. The summed E-state index contributed by atoms with van der Waals surface area (Å²) in [5, 5.41) is 14.8. The molecule has 0 unspecified atom stereocenters. The van der Waals surface area contributed by atoms with Gasteiger partial charge in [-0.05, 0) is 10.9 Å². The van der Waals surface area contributed by atoms with E-state index in [1.807, 2.05) is 0 Å². The molecule has 0 saturated carbocycles. The third-order valence-electron chi connectivity index (χ3n) is 0. The van der Waals surface area contributed by atoms with Gasteiger partial charge in [-0.3, -0.25) is 0 Å². The molecule has 0 aliphatic rings. The second-order valence-electron chi connectivity index (χ2n) is 1.45. The van der Waals surface area contributed by atoms with E-state index >= 15 is 0 Å². The molecule has 5 heteroatoms. The van der Waals surface area contributed by atoms with Gasteiger partial charge in [0.05, 0.1) is 23.9 Å². The van der Waals surface area contributed by atoms with Crippen LogP contribution in [0.1, 0.15) is 0 Å². The second kappa shape index (κ2) is 6.55. The Bertz CT molecular complexity index is 58.8. The Hall–Kier alpha value is -0.450. The lowest BCUT2D eigenvalue weighted by Gasteiger charge is -1.74.